The Morgan fingerprint density at radius 2 is 1.92 bits per heavy atom. The van der Waals surface area contributed by atoms with Gasteiger partial charge in [0.2, 0.25) is 0 Å². The molecule has 2 N–H and O–H groups in total. The Morgan fingerprint density at radius 3 is 2.68 bits per heavy atom. The third kappa shape index (κ3) is 3.19. The number of benzene rings is 2. The van der Waals surface area contributed by atoms with E-state index in [1.807, 2.05) is 36.7 Å². The summed E-state index contributed by atoms with van der Waals surface area (Å²) in [5.74, 6) is 6.83. The predicted molar refractivity (Wildman–Crippen MR) is 142 cm³/mol. The van der Waals surface area contributed by atoms with E-state index < -0.39 is 24.5 Å². The third-order valence-corrected chi connectivity index (χ3v) is 8.16. The average molecular weight is 492 g/mol. The number of nitrogens with two attached hydrogens (primary N) is 1. The number of carbonyl (C=O) groups excluding carboxylic acids is 1. The van der Waals surface area contributed by atoms with Crippen molar-refractivity contribution in [2.24, 2.45) is 5.73 Å². The molecule has 4 aromatic rings. The molecule has 3 aliphatic rings. The van der Waals surface area contributed by atoms with Crippen molar-refractivity contribution >= 4 is 16.9 Å². The second-order valence-electron chi connectivity index (χ2n) is 10.3. The minimum absolute atomic E-state index is 0.290. The Hall–Kier alpha value is -4.02. The summed E-state index contributed by atoms with van der Waals surface area (Å²) in [5.41, 5.74) is 11.3. The van der Waals surface area contributed by atoms with Gasteiger partial charge in [0.05, 0.1) is 28.7 Å². The number of hydrogen-bond acceptors (Lipinski definition) is 5. The van der Waals surface area contributed by atoms with Gasteiger partial charge in [-0.2, -0.15) is 0 Å². The van der Waals surface area contributed by atoms with Crippen molar-refractivity contribution in [1.29, 1.82) is 0 Å². The zero-order valence-electron chi connectivity index (χ0n) is 23.5. The second-order valence-corrected chi connectivity index (χ2v) is 10.3. The molecule has 1 fully saturated rings. The van der Waals surface area contributed by atoms with Crippen molar-refractivity contribution in [2.45, 2.75) is 56.7 Å². The monoisotopic (exact) mass is 491 g/mol. The van der Waals surface area contributed by atoms with Crippen LogP contribution in [0, 0.1) is 11.8 Å². The molecule has 7 rings (SSSR count). The van der Waals surface area contributed by atoms with Gasteiger partial charge in [-0.1, -0.05) is 30.9 Å². The van der Waals surface area contributed by atoms with Gasteiger partial charge in [0.15, 0.2) is 0 Å². The maximum Gasteiger partial charge on any atom is 0.254 e. The first-order chi connectivity index (χ1) is 19.2. The molecule has 2 bridgehead atoms. The van der Waals surface area contributed by atoms with E-state index in [0.29, 0.717) is 23.6 Å². The quantitative estimate of drug-likeness (QED) is 0.410. The summed E-state index contributed by atoms with van der Waals surface area (Å²) in [6.45, 7) is -0.876. The topological polar surface area (TPSA) is 89.9 Å². The summed E-state index contributed by atoms with van der Waals surface area (Å²) in [4.78, 5) is 28.9. The predicted octanol–water partition coefficient (Wildman–Crippen LogP) is 4.71. The molecule has 0 radical (unpaired) electrons. The molecule has 4 heterocycles. The smallest absolute Gasteiger partial charge is 0.254 e. The van der Waals surface area contributed by atoms with Crippen molar-refractivity contribution in [3.05, 3.63) is 77.1 Å². The highest BCUT2D eigenvalue weighted by molar-refractivity contribution is 5.98. The number of imidazole rings is 1. The summed E-state index contributed by atoms with van der Waals surface area (Å²) in [6.07, 6.45) is 8.02. The molecule has 2 aliphatic heterocycles. The number of fused-ring (bicyclic) bond motifs is 9. The molecule has 0 unspecified atom stereocenters. The molecule has 7 nitrogen and oxygen atoms in total. The van der Waals surface area contributed by atoms with E-state index in [4.69, 9.17) is 14.8 Å². The Kier molecular flexibility index (Phi) is 4.13. The van der Waals surface area contributed by atoms with Gasteiger partial charge in [0.25, 0.3) is 5.91 Å². The Morgan fingerprint density at radius 1 is 1.11 bits per heavy atom. The van der Waals surface area contributed by atoms with Crippen LogP contribution in [-0.4, -0.2) is 37.3 Å². The number of aromatic nitrogens is 4. The van der Waals surface area contributed by atoms with Gasteiger partial charge in [-0.15, -0.1) is 5.92 Å². The highest BCUT2D eigenvalue weighted by atomic mass is 16.2. The first-order valence-electron chi connectivity index (χ1n) is 14.2. The standard InChI is InChI=1S/C30H28N6O/c1-3-7-18-8-6-9-21-26(18)24-15-25(35(2)28(21)37)27-34-22-11-10-19(14-23(22)36(24)27)20-16-32-29(33-17-20)30(31)12-4-5-13-30/h6,8-11,14,16-17,24-25H,4-5,12-13,15,31H2,1-2H3/t24-,25-/m1/s1/i2D3. The fourth-order valence-corrected chi connectivity index (χ4v) is 6.33. The first kappa shape index (κ1) is 19.1. The van der Waals surface area contributed by atoms with Crippen LogP contribution in [0.3, 0.4) is 0 Å². The molecule has 1 amide bonds. The van der Waals surface area contributed by atoms with Crippen molar-refractivity contribution in [2.75, 3.05) is 6.98 Å². The Balaban J connectivity index is 1.40. The number of amides is 1. The molecule has 1 saturated carbocycles. The number of carbonyl (C=O) groups is 1. The first-order valence-corrected chi connectivity index (χ1v) is 12.7. The molecule has 7 heteroatoms. The van der Waals surface area contributed by atoms with Gasteiger partial charge < -0.3 is 15.2 Å². The van der Waals surface area contributed by atoms with E-state index in [2.05, 4.69) is 26.4 Å². The SMILES string of the molecule is [2H]C([2H])([2H])N1C(=O)c2cccc(C#CC)c2[C@H]2C[C@@H]1c1nc3ccc(-c4cnc(C5(N)CCCC5)nc4)cc3n12. The average Bonchev–Trinajstić information content (AvgIpc) is 3.61. The van der Waals surface area contributed by atoms with Gasteiger partial charge in [-0.25, -0.2) is 15.0 Å². The molecular formula is C30H28N6O. The maximum atomic E-state index is 13.7. The summed E-state index contributed by atoms with van der Waals surface area (Å²) in [7, 11) is 0. The van der Waals surface area contributed by atoms with Gasteiger partial charge in [0.1, 0.15) is 11.6 Å². The van der Waals surface area contributed by atoms with Gasteiger partial charge in [-0.05, 0) is 49.6 Å². The Labute approximate surface area is 220 Å². The lowest BCUT2D eigenvalue weighted by molar-refractivity contribution is 0.0734. The van der Waals surface area contributed by atoms with Crippen LogP contribution in [0.5, 0.6) is 0 Å². The van der Waals surface area contributed by atoms with Crippen molar-refractivity contribution in [3.63, 3.8) is 0 Å². The van der Waals surface area contributed by atoms with Gasteiger partial charge >= 0.3 is 0 Å². The molecular weight excluding hydrogens is 460 g/mol. The van der Waals surface area contributed by atoms with Crippen LogP contribution in [0.2, 0.25) is 0 Å². The molecule has 0 spiro atoms. The molecule has 184 valence electrons. The van der Waals surface area contributed by atoms with Crippen LogP contribution in [0.15, 0.2) is 48.8 Å². The lowest BCUT2D eigenvalue weighted by Gasteiger charge is -2.24. The normalized spacial score (nSPS) is 22.9. The zero-order chi connectivity index (χ0) is 27.8. The molecule has 37 heavy (non-hydrogen) atoms. The van der Waals surface area contributed by atoms with Crippen LogP contribution in [0.1, 0.15) is 88.4 Å². The van der Waals surface area contributed by atoms with E-state index in [1.165, 1.54) is 0 Å². The van der Waals surface area contributed by atoms with Crippen molar-refractivity contribution < 1.29 is 8.91 Å². The second kappa shape index (κ2) is 7.99. The highest BCUT2D eigenvalue weighted by Gasteiger charge is 2.44. The van der Waals surface area contributed by atoms with E-state index >= 15 is 0 Å². The lowest BCUT2D eigenvalue weighted by atomic mass is 9.93. The third-order valence-electron chi connectivity index (χ3n) is 8.16. The maximum absolute atomic E-state index is 13.7. The largest absolute Gasteiger partial charge is 0.331 e. The molecule has 1 aliphatic carbocycles. The van der Waals surface area contributed by atoms with Crippen LogP contribution < -0.4 is 5.73 Å². The van der Waals surface area contributed by atoms with Crippen LogP contribution in [-0.2, 0) is 5.54 Å². The fraction of sp³-hybridized carbons (Fsp3) is 0.333. The summed E-state index contributed by atoms with van der Waals surface area (Å²) >= 11 is 0. The summed E-state index contributed by atoms with van der Waals surface area (Å²) in [6, 6.07) is 10.3. The highest BCUT2D eigenvalue weighted by Crippen LogP contribution is 2.48. The number of hydrogen-bond donors (Lipinski definition) is 1. The van der Waals surface area contributed by atoms with Crippen molar-refractivity contribution in [3.8, 4) is 23.0 Å². The van der Waals surface area contributed by atoms with Crippen molar-refractivity contribution in [1.82, 2.24) is 24.4 Å². The van der Waals surface area contributed by atoms with Crippen LogP contribution >= 0.6 is 0 Å². The van der Waals surface area contributed by atoms with E-state index in [-0.39, 0.29) is 6.04 Å². The molecule has 2 atom stereocenters. The molecule has 0 saturated heterocycles. The zero-order valence-corrected chi connectivity index (χ0v) is 20.5. The van der Waals surface area contributed by atoms with Crippen LogP contribution in [0.25, 0.3) is 22.2 Å². The lowest BCUT2D eigenvalue weighted by Crippen LogP contribution is -2.35. The minimum atomic E-state index is -2.63. The van der Waals surface area contributed by atoms with E-state index in [0.717, 1.165) is 63.9 Å². The molecule has 2 aromatic heterocycles. The van der Waals surface area contributed by atoms with Gasteiger partial charge in [-0.3, -0.25) is 4.79 Å². The number of rotatable bonds is 2. The Bertz CT molecular complexity index is 1740. The summed E-state index contributed by atoms with van der Waals surface area (Å²) < 4.78 is 26.8. The summed E-state index contributed by atoms with van der Waals surface area (Å²) in [5, 5.41) is 0. The van der Waals surface area contributed by atoms with Crippen LogP contribution in [0.4, 0.5) is 0 Å². The fourth-order valence-electron chi connectivity index (χ4n) is 6.33. The van der Waals surface area contributed by atoms with E-state index in [1.54, 1.807) is 19.1 Å². The minimum Gasteiger partial charge on any atom is -0.331 e. The van der Waals surface area contributed by atoms with Gasteiger partial charge in [0, 0.05) is 52.2 Å². The number of nitrogens with zero attached hydrogens (tertiary/aromatic N) is 5. The van der Waals surface area contributed by atoms with E-state index in [9.17, 15) is 4.79 Å². The molecule has 2 aromatic carbocycles.